The molecule has 0 radical (unpaired) electrons. The second kappa shape index (κ2) is 8.71. The van der Waals surface area contributed by atoms with Crippen LogP contribution in [0.2, 0.25) is 0 Å². The summed E-state index contributed by atoms with van der Waals surface area (Å²) in [7, 11) is 12.2. The fourth-order valence-corrected chi connectivity index (χ4v) is 2.21. The third kappa shape index (κ3) is 6.30. The van der Waals surface area contributed by atoms with Crippen LogP contribution in [0.3, 0.4) is 0 Å². The summed E-state index contributed by atoms with van der Waals surface area (Å²) in [6.07, 6.45) is 0. The van der Waals surface area contributed by atoms with E-state index in [1.807, 2.05) is 28.2 Å². The van der Waals surface area contributed by atoms with Gasteiger partial charge in [-0.25, -0.2) is 0 Å². The predicted octanol–water partition coefficient (Wildman–Crippen LogP) is 0.928. The van der Waals surface area contributed by atoms with E-state index in [0.717, 1.165) is 30.8 Å². The first-order chi connectivity index (χ1) is 8.79. The average molecular weight is 273 g/mol. The summed E-state index contributed by atoms with van der Waals surface area (Å²) in [6, 6.07) is 4.21. The van der Waals surface area contributed by atoms with E-state index >= 15 is 0 Å². The molecular formula is C15H28LiN3O. The van der Waals surface area contributed by atoms with Crippen molar-refractivity contribution in [3.63, 3.8) is 0 Å². The summed E-state index contributed by atoms with van der Waals surface area (Å²) in [5.74, 6) is 0.435. The number of hydrogen-bond donors (Lipinski definition) is 1. The van der Waals surface area contributed by atoms with Gasteiger partial charge in [-0.1, -0.05) is 0 Å². The van der Waals surface area contributed by atoms with Crippen LogP contribution in [0.4, 0.5) is 0 Å². The standard InChI is InChI=1S/C15H27N3O.Li.H/c1-16(2)9-12-7-13(10-17(3)4)15(19)14(8-12)11-18(5)6;;/h7-8,19H,9-11H2,1-6H3;;. The van der Waals surface area contributed by atoms with Gasteiger partial charge in [0.15, 0.2) is 0 Å². The molecule has 0 aliphatic rings. The zero-order valence-electron chi connectivity index (χ0n) is 13.1. The number of phenolic OH excluding ortho intramolecular Hbond substituents is 1. The normalized spacial score (nSPS) is 11.2. The van der Waals surface area contributed by atoms with Gasteiger partial charge in [-0.15, -0.1) is 0 Å². The topological polar surface area (TPSA) is 30.0 Å². The Balaban J connectivity index is 0.00000361. The number of rotatable bonds is 6. The molecule has 0 aromatic heterocycles. The maximum absolute atomic E-state index is 10.4. The predicted molar refractivity (Wildman–Crippen MR) is 87.4 cm³/mol. The first kappa shape index (κ1) is 19.5. The Morgan fingerprint density at radius 1 is 0.750 bits per heavy atom. The molecule has 0 spiro atoms. The van der Waals surface area contributed by atoms with E-state index in [9.17, 15) is 5.11 Å². The molecule has 20 heavy (non-hydrogen) atoms. The molecule has 0 saturated carbocycles. The summed E-state index contributed by atoms with van der Waals surface area (Å²) in [5, 5.41) is 10.4. The van der Waals surface area contributed by atoms with Crippen LogP contribution >= 0.6 is 0 Å². The van der Waals surface area contributed by atoms with Gasteiger partial charge in [-0.05, 0) is 60.0 Å². The first-order valence-corrected chi connectivity index (χ1v) is 6.57. The van der Waals surface area contributed by atoms with Gasteiger partial charge in [0.25, 0.3) is 0 Å². The van der Waals surface area contributed by atoms with E-state index in [2.05, 4.69) is 40.9 Å². The minimum atomic E-state index is 0. The van der Waals surface area contributed by atoms with E-state index in [1.165, 1.54) is 5.56 Å². The number of aromatic hydroxyl groups is 1. The number of nitrogens with zero attached hydrogens (tertiary/aromatic N) is 3. The third-order valence-electron chi connectivity index (χ3n) is 2.80. The number of hydrogen-bond acceptors (Lipinski definition) is 4. The van der Waals surface area contributed by atoms with E-state index in [-0.39, 0.29) is 18.9 Å². The fraction of sp³-hybridized carbons (Fsp3) is 0.600. The van der Waals surface area contributed by atoms with Gasteiger partial charge in [0.05, 0.1) is 0 Å². The van der Waals surface area contributed by atoms with Crippen LogP contribution in [-0.4, -0.2) is 81.0 Å². The molecule has 1 N–H and O–H groups in total. The molecule has 0 bridgehead atoms. The first-order valence-electron chi connectivity index (χ1n) is 6.57. The zero-order valence-corrected chi connectivity index (χ0v) is 13.1. The SMILES string of the molecule is CN(C)Cc1cc(CN(C)C)c(O)c(CN(C)C)c1.[LiH]. The average Bonchev–Trinajstić information content (AvgIpc) is 2.22. The van der Waals surface area contributed by atoms with Crippen molar-refractivity contribution in [1.82, 2.24) is 14.7 Å². The Morgan fingerprint density at radius 2 is 1.10 bits per heavy atom. The van der Waals surface area contributed by atoms with Crippen molar-refractivity contribution in [3.05, 3.63) is 28.8 Å². The molecule has 1 aromatic rings. The van der Waals surface area contributed by atoms with Gasteiger partial charge in [0, 0.05) is 30.8 Å². The second-order valence-corrected chi connectivity index (χ2v) is 5.98. The molecule has 1 rings (SSSR count). The van der Waals surface area contributed by atoms with Crippen LogP contribution < -0.4 is 0 Å². The summed E-state index contributed by atoms with van der Waals surface area (Å²) in [6.45, 7) is 2.40. The second-order valence-electron chi connectivity index (χ2n) is 5.98. The Kier molecular flexibility index (Phi) is 8.49. The molecule has 0 heterocycles. The van der Waals surface area contributed by atoms with Crippen molar-refractivity contribution in [2.45, 2.75) is 19.6 Å². The minimum absolute atomic E-state index is 0. The molecule has 0 aliphatic heterocycles. The van der Waals surface area contributed by atoms with Crippen molar-refractivity contribution in [1.29, 1.82) is 0 Å². The van der Waals surface area contributed by atoms with Crippen molar-refractivity contribution in [3.8, 4) is 5.75 Å². The third-order valence-corrected chi connectivity index (χ3v) is 2.80. The van der Waals surface area contributed by atoms with Crippen LogP contribution in [0, 0.1) is 0 Å². The van der Waals surface area contributed by atoms with Gasteiger partial charge < -0.3 is 19.8 Å². The number of benzene rings is 1. The van der Waals surface area contributed by atoms with Crippen LogP contribution in [0.1, 0.15) is 16.7 Å². The molecular weight excluding hydrogens is 245 g/mol. The molecule has 0 unspecified atom stereocenters. The Morgan fingerprint density at radius 3 is 1.40 bits per heavy atom. The van der Waals surface area contributed by atoms with E-state index < -0.39 is 0 Å². The summed E-state index contributed by atoms with van der Waals surface area (Å²) in [5.41, 5.74) is 3.25. The monoisotopic (exact) mass is 273 g/mol. The number of phenols is 1. The van der Waals surface area contributed by atoms with Crippen molar-refractivity contribution < 1.29 is 5.11 Å². The van der Waals surface area contributed by atoms with Gasteiger partial charge in [0.1, 0.15) is 5.75 Å². The zero-order chi connectivity index (χ0) is 14.6. The van der Waals surface area contributed by atoms with E-state index in [0.29, 0.717) is 5.75 Å². The fourth-order valence-electron chi connectivity index (χ4n) is 2.21. The molecule has 0 fully saturated rings. The molecule has 0 aliphatic carbocycles. The van der Waals surface area contributed by atoms with Crippen LogP contribution in [0.15, 0.2) is 12.1 Å². The molecule has 110 valence electrons. The molecule has 0 atom stereocenters. The van der Waals surface area contributed by atoms with Crippen molar-refractivity contribution in [2.75, 3.05) is 42.3 Å². The Labute approximate surface area is 135 Å². The molecule has 1 aromatic carbocycles. The van der Waals surface area contributed by atoms with Gasteiger partial charge in [-0.3, -0.25) is 0 Å². The van der Waals surface area contributed by atoms with Crippen molar-refractivity contribution in [2.24, 2.45) is 0 Å². The quantitative estimate of drug-likeness (QED) is 0.781. The van der Waals surface area contributed by atoms with Crippen molar-refractivity contribution >= 4 is 18.9 Å². The van der Waals surface area contributed by atoms with Crippen LogP contribution in [-0.2, 0) is 19.6 Å². The van der Waals surface area contributed by atoms with Gasteiger partial charge in [-0.2, -0.15) is 0 Å². The Hall–Kier alpha value is -0.503. The summed E-state index contributed by atoms with van der Waals surface area (Å²) < 4.78 is 0. The molecule has 4 nitrogen and oxygen atoms in total. The molecule has 5 heteroatoms. The molecule has 0 amide bonds. The maximum atomic E-state index is 10.4. The molecule has 0 saturated heterocycles. The van der Waals surface area contributed by atoms with Crippen LogP contribution in [0.25, 0.3) is 0 Å². The van der Waals surface area contributed by atoms with E-state index in [1.54, 1.807) is 0 Å². The Bertz CT molecular complexity index is 389. The summed E-state index contributed by atoms with van der Waals surface area (Å²) in [4.78, 5) is 6.30. The van der Waals surface area contributed by atoms with Gasteiger partial charge in [0.2, 0.25) is 0 Å². The van der Waals surface area contributed by atoms with Gasteiger partial charge >= 0.3 is 18.9 Å². The van der Waals surface area contributed by atoms with E-state index in [4.69, 9.17) is 0 Å². The summed E-state index contributed by atoms with van der Waals surface area (Å²) >= 11 is 0. The van der Waals surface area contributed by atoms with Crippen LogP contribution in [0.5, 0.6) is 5.75 Å².